The third kappa shape index (κ3) is 4.87. The van der Waals surface area contributed by atoms with Crippen LogP contribution in [0.15, 0.2) is 18.3 Å². The highest BCUT2D eigenvalue weighted by Crippen LogP contribution is 2.31. The van der Waals surface area contributed by atoms with Crippen LogP contribution in [0, 0.1) is 11.8 Å². The van der Waals surface area contributed by atoms with Crippen molar-refractivity contribution in [3.63, 3.8) is 0 Å². The molecule has 2 aliphatic rings. The van der Waals surface area contributed by atoms with E-state index in [1.807, 2.05) is 12.1 Å². The monoisotopic (exact) mass is 363 g/mol. The van der Waals surface area contributed by atoms with Gasteiger partial charge in [-0.2, -0.15) is 0 Å². The number of piperidine rings is 1. The van der Waals surface area contributed by atoms with E-state index >= 15 is 0 Å². The fraction of sp³-hybridized carbons (Fsp3) is 0.700. The molecule has 1 aromatic heterocycles. The van der Waals surface area contributed by atoms with Crippen LogP contribution in [0.4, 0.5) is 5.82 Å². The average molecular weight is 364 g/mol. The molecule has 1 N–H and O–H groups in total. The average Bonchev–Trinajstić information content (AvgIpc) is 3.07. The molecule has 1 aromatic rings. The number of nitrogens with zero attached hydrogens (tertiary/aromatic N) is 2. The Kier molecular flexibility index (Phi) is 6.57. The number of aromatic nitrogens is 1. The molecule has 2 heterocycles. The van der Waals surface area contributed by atoms with E-state index in [0.29, 0.717) is 17.0 Å². The zero-order valence-electron chi connectivity index (χ0n) is 15.2. The molecule has 2 atom stereocenters. The van der Waals surface area contributed by atoms with Gasteiger partial charge in [-0.1, -0.05) is 37.8 Å². The fourth-order valence-corrected chi connectivity index (χ4v) is 4.38. The molecule has 2 unspecified atom stereocenters. The second-order valence-corrected chi connectivity index (χ2v) is 7.98. The molecule has 1 saturated heterocycles. The lowest BCUT2D eigenvalue weighted by Gasteiger charge is -2.33. The number of rotatable bonds is 6. The normalized spacial score (nSPS) is 24.5. The van der Waals surface area contributed by atoms with Crippen LogP contribution in [0.3, 0.4) is 0 Å². The summed E-state index contributed by atoms with van der Waals surface area (Å²) in [6, 6.07) is 4.24. The maximum Gasteiger partial charge on any atom is 0.223 e. The smallest absolute Gasteiger partial charge is 0.223 e. The van der Waals surface area contributed by atoms with Crippen molar-refractivity contribution in [2.24, 2.45) is 11.8 Å². The highest BCUT2D eigenvalue weighted by Gasteiger charge is 2.31. The summed E-state index contributed by atoms with van der Waals surface area (Å²) >= 11 is 5.91. The van der Waals surface area contributed by atoms with Crippen LogP contribution in [-0.2, 0) is 4.79 Å². The maximum absolute atomic E-state index is 12.7. The van der Waals surface area contributed by atoms with Gasteiger partial charge in [0, 0.05) is 31.2 Å². The van der Waals surface area contributed by atoms with Gasteiger partial charge in [0.15, 0.2) is 0 Å². The van der Waals surface area contributed by atoms with Crippen molar-refractivity contribution < 1.29 is 4.79 Å². The number of pyridine rings is 1. The first-order chi connectivity index (χ1) is 12.2. The van der Waals surface area contributed by atoms with E-state index in [2.05, 4.69) is 22.1 Å². The summed E-state index contributed by atoms with van der Waals surface area (Å²) in [6.07, 6.45) is 11.0. The number of hydrogen-bond acceptors (Lipinski definition) is 3. The predicted molar refractivity (Wildman–Crippen MR) is 103 cm³/mol. The number of unbranched alkanes of at least 4 members (excludes halogenated alkanes) is 1. The molecule has 1 amide bonds. The van der Waals surface area contributed by atoms with Crippen molar-refractivity contribution in [3.8, 4) is 0 Å². The van der Waals surface area contributed by atoms with Gasteiger partial charge < -0.3 is 10.2 Å². The topological polar surface area (TPSA) is 45.2 Å². The van der Waals surface area contributed by atoms with Gasteiger partial charge in [-0.25, -0.2) is 4.98 Å². The molecule has 0 spiro atoms. The van der Waals surface area contributed by atoms with Gasteiger partial charge in [0.1, 0.15) is 5.82 Å². The van der Waals surface area contributed by atoms with Gasteiger partial charge in [-0.15, -0.1) is 0 Å². The SMILES string of the molecule is CCCCC1CCCC1NC(=O)C1CCN(c2ccc(Cl)cn2)CC1. The summed E-state index contributed by atoms with van der Waals surface area (Å²) in [4.78, 5) is 19.3. The third-order valence-electron chi connectivity index (χ3n) is 5.82. The second-order valence-electron chi connectivity index (χ2n) is 7.54. The number of anilines is 1. The summed E-state index contributed by atoms with van der Waals surface area (Å²) in [7, 11) is 0. The third-order valence-corrected chi connectivity index (χ3v) is 6.04. The lowest BCUT2D eigenvalue weighted by atomic mass is 9.93. The summed E-state index contributed by atoms with van der Waals surface area (Å²) < 4.78 is 0. The van der Waals surface area contributed by atoms with Crippen LogP contribution in [0.5, 0.6) is 0 Å². The molecule has 138 valence electrons. The Bertz CT molecular complexity index is 555. The molecule has 4 nitrogen and oxygen atoms in total. The van der Waals surface area contributed by atoms with Crippen LogP contribution in [-0.4, -0.2) is 30.0 Å². The molecule has 1 aliphatic carbocycles. The number of nitrogens with one attached hydrogen (secondary N) is 1. The number of carbonyl (C=O) groups is 1. The van der Waals surface area contributed by atoms with Crippen LogP contribution in [0.25, 0.3) is 0 Å². The van der Waals surface area contributed by atoms with Crippen LogP contribution < -0.4 is 10.2 Å². The molecular weight excluding hydrogens is 334 g/mol. The molecule has 1 aliphatic heterocycles. The molecule has 5 heteroatoms. The Morgan fingerprint density at radius 3 is 2.76 bits per heavy atom. The zero-order valence-corrected chi connectivity index (χ0v) is 16.0. The highest BCUT2D eigenvalue weighted by atomic mass is 35.5. The van der Waals surface area contributed by atoms with Gasteiger partial charge in [0.05, 0.1) is 5.02 Å². The van der Waals surface area contributed by atoms with Crippen molar-refractivity contribution in [2.75, 3.05) is 18.0 Å². The minimum atomic E-state index is 0.149. The van der Waals surface area contributed by atoms with Crippen molar-refractivity contribution in [1.29, 1.82) is 0 Å². The summed E-state index contributed by atoms with van der Waals surface area (Å²) in [6.45, 7) is 4.01. The predicted octanol–water partition coefficient (Wildman–Crippen LogP) is 4.43. The fourth-order valence-electron chi connectivity index (χ4n) is 4.27. The molecular formula is C20H30ClN3O. The largest absolute Gasteiger partial charge is 0.357 e. The number of hydrogen-bond donors (Lipinski definition) is 1. The Labute approximate surface area is 156 Å². The minimum absolute atomic E-state index is 0.149. The van der Waals surface area contributed by atoms with E-state index < -0.39 is 0 Å². The second kappa shape index (κ2) is 8.88. The van der Waals surface area contributed by atoms with E-state index in [-0.39, 0.29) is 11.8 Å². The van der Waals surface area contributed by atoms with Gasteiger partial charge in [0.2, 0.25) is 5.91 Å². The van der Waals surface area contributed by atoms with Crippen molar-refractivity contribution in [1.82, 2.24) is 10.3 Å². The molecule has 3 rings (SSSR count). The highest BCUT2D eigenvalue weighted by molar-refractivity contribution is 6.30. The molecule has 2 fully saturated rings. The Hall–Kier alpha value is -1.29. The lowest BCUT2D eigenvalue weighted by molar-refractivity contribution is -0.126. The van der Waals surface area contributed by atoms with E-state index in [9.17, 15) is 4.79 Å². The van der Waals surface area contributed by atoms with Gasteiger partial charge >= 0.3 is 0 Å². The van der Waals surface area contributed by atoms with Crippen molar-refractivity contribution in [3.05, 3.63) is 23.4 Å². The van der Waals surface area contributed by atoms with Crippen molar-refractivity contribution >= 4 is 23.3 Å². The Morgan fingerprint density at radius 1 is 1.28 bits per heavy atom. The van der Waals surface area contributed by atoms with Crippen LogP contribution in [0.2, 0.25) is 5.02 Å². The molecule has 1 saturated carbocycles. The standard InChI is InChI=1S/C20H30ClN3O/c1-2-3-5-15-6-4-7-18(15)23-20(25)16-10-12-24(13-11-16)19-9-8-17(21)14-22-19/h8-9,14-16,18H,2-7,10-13H2,1H3,(H,23,25). The van der Waals surface area contributed by atoms with Gasteiger partial charge in [-0.3, -0.25) is 4.79 Å². The summed E-state index contributed by atoms with van der Waals surface area (Å²) in [5.41, 5.74) is 0. The van der Waals surface area contributed by atoms with E-state index in [1.54, 1.807) is 6.20 Å². The first kappa shape index (κ1) is 18.5. The van der Waals surface area contributed by atoms with E-state index in [4.69, 9.17) is 11.6 Å². The summed E-state index contributed by atoms with van der Waals surface area (Å²) in [5, 5.41) is 4.04. The van der Waals surface area contributed by atoms with Gasteiger partial charge in [0.25, 0.3) is 0 Å². The Morgan fingerprint density at radius 2 is 2.08 bits per heavy atom. The number of amides is 1. The zero-order chi connectivity index (χ0) is 17.6. The van der Waals surface area contributed by atoms with Crippen LogP contribution >= 0.6 is 11.6 Å². The molecule has 25 heavy (non-hydrogen) atoms. The summed E-state index contributed by atoms with van der Waals surface area (Å²) in [5.74, 6) is 2.08. The maximum atomic E-state index is 12.7. The molecule has 0 bridgehead atoms. The Balaban J connectivity index is 1.47. The molecule has 0 aromatic carbocycles. The quantitative estimate of drug-likeness (QED) is 0.813. The lowest BCUT2D eigenvalue weighted by Crippen LogP contribution is -2.45. The first-order valence-corrected chi connectivity index (χ1v) is 10.2. The van der Waals surface area contributed by atoms with E-state index in [0.717, 1.165) is 38.2 Å². The van der Waals surface area contributed by atoms with Gasteiger partial charge in [-0.05, 0) is 50.2 Å². The first-order valence-electron chi connectivity index (χ1n) is 9.84. The van der Waals surface area contributed by atoms with E-state index in [1.165, 1.54) is 32.1 Å². The minimum Gasteiger partial charge on any atom is -0.357 e. The van der Waals surface area contributed by atoms with Crippen molar-refractivity contribution in [2.45, 2.75) is 64.3 Å². The molecule has 0 radical (unpaired) electrons. The number of carbonyl (C=O) groups excluding carboxylic acids is 1. The number of halogens is 1. The van der Waals surface area contributed by atoms with Crippen LogP contribution in [0.1, 0.15) is 58.3 Å².